The van der Waals surface area contributed by atoms with Gasteiger partial charge in [-0.1, -0.05) is 0 Å². The number of rotatable bonds is 3. The third-order valence-corrected chi connectivity index (χ3v) is 3.71. The molecule has 0 aromatic heterocycles. The SMILES string of the molecule is CC(C)O[C@@H]1O[C@]2(CO)CC[C@]1(O)[C@@H](O)[C@@H]2O. The molecule has 3 rings (SSSR count). The van der Waals surface area contributed by atoms with Gasteiger partial charge in [0, 0.05) is 0 Å². The largest absolute Gasteiger partial charge is 0.393 e. The molecule has 2 bridgehead atoms. The first-order valence-corrected chi connectivity index (χ1v) is 5.88. The summed E-state index contributed by atoms with van der Waals surface area (Å²) in [5.41, 5.74) is -2.84. The molecule has 3 aliphatic rings. The molecular formula is C11H20O6. The summed E-state index contributed by atoms with van der Waals surface area (Å²) in [6.45, 7) is 3.14. The number of aliphatic hydroxyl groups is 4. The Morgan fingerprint density at radius 2 is 1.94 bits per heavy atom. The van der Waals surface area contributed by atoms with E-state index < -0.39 is 36.3 Å². The summed E-state index contributed by atoms with van der Waals surface area (Å²) in [5, 5.41) is 39.5. The molecule has 0 aromatic carbocycles. The normalized spacial score (nSPS) is 49.9. The van der Waals surface area contributed by atoms with E-state index >= 15 is 0 Å². The van der Waals surface area contributed by atoms with Crippen molar-refractivity contribution in [2.45, 2.75) is 62.5 Å². The Bertz CT molecular complexity index is 296. The third kappa shape index (κ3) is 1.80. The van der Waals surface area contributed by atoms with Crippen LogP contribution in [-0.4, -0.2) is 62.8 Å². The first kappa shape index (κ1) is 13.2. The van der Waals surface area contributed by atoms with Crippen molar-refractivity contribution >= 4 is 0 Å². The zero-order valence-electron chi connectivity index (χ0n) is 10.0. The molecule has 2 saturated heterocycles. The van der Waals surface area contributed by atoms with Crippen LogP contribution in [-0.2, 0) is 9.47 Å². The van der Waals surface area contributed by atoms with Crippen LogP contribution in [0.25, 0.3) is 0 Å². The molecule has 4 N–H and O–H groups in total. The minimum absolute atomic E-state index is 0.191. The fourth-order valence-corrected chi connectivity index (χ4v) is 2.57. The van der Waals surface area contributed by atoms with Crippen LogP contribution in [0.1, 0.15) is 26.7 Å². The highest BCUT2D eigenvalue weighted by molar-refractivity contribution is 5.12. The first-order valence-electron chi connectivity index (χ1n) is 5.88. The molecule has 100 valence electrons. The van der Waals surface area contributed by atoms with Crippen LogP contribution in [0.15, 0.2) is 0 Å². The van der Waals surface area contributed by atoms with Gasteiger partial charge < -0.3 is 29.9 Å². The molecular weight excluding hydrogens is 228 g/mol. The molecule has 0 aromatic rings. The number of aliphatic hydroxyl groups excluding tert-OH is 3. The van der Waals surface area contributed by atoms with E-state index in [1.807, 2.05) is 0 Å². The lowest BCUT2D eigenvalue weighted by Crippen LogP contribution is -2.76. The molecule has 6 nitrogen and oxygen atoms in total. The van der Waals surface area contributed by atoms with Gasteiger partial charge >= 0.3 is 0 Å². The zero-order valence-corrected chi connectivity index (χ0v) is 10.0. The number of fused-ring (bicyclic) bond motifs is 3. The van der Waals surface area contributed by atoms with Crippen LogP contribution in [0, 0.1) is 0 Å². The van der Waals surface area contributed by atoms with Gasteiger partial charge in [-0.2, -0.15) is 0 Å². The van der Waals surface area contributed by atoms with E-state index in [4.69, 9.17) is 9.47 Å². The van der Waals surface area contributed by atoms with Crippen LogP contribution in [0.5, 0.6) is 0 Å². The fraction of sp³-hybridized carbons (Fsp3) is 1.00. The van der Waals surface area contributed by atoms with Crippen LogP contribution in [0.2, 0.25) is 0 Å². The summed E-state index contributed by atoms with van der Waals surface area (Å²) < 4.78 is 10.9. The van der Waals surface area contributed by atoms with Crippen molar-refractivity contribution in [1.29, 1.82) is 0 Å². The summed E-state index contributed by atoms with van der Waals surface area (Å²) >= 11 is 0. The molecule has 0 radical (unpaired) electrons. The van der Waals surface area contributed by atoms with Crippen LogP contribution >= 0.6 is 0 Å². The van der Waals surface area contributed by atoms with Crippen LogP contribution in [0.4, 0.5) is 0 Å². The Labute approximate surface area is 99.8 Å². The van der Waals surface area contributed by atoms with Crippen molar-refractivity contribution in [2.24, 2.45) is 0 Å². The van der Waals surface area contributed by atoms with E-state index in [2.05, 4.69) is 0 Å². The predicted molar refractivity (Wildman–Crippen MR) is 57.1 cm³/mol. The second-order valence-electron chi connectivity index (χ2n) is 5.24. The maximum atomic E-state index is 10.3. The van der Waals surface area contributed by atoms with Crippen molar-refractivity contribution < 1.29 is 29.9 Å². The van der Waals surface area contributed by atoms with E-state index in [0.29, 0.717) is 0 Å². The summed E-state index contributed by atoms with van der Waals surface area (Å²) in [7, 11) is 0. The molecule has 1 aliphatic carbocycles. The first-order chi connectivity index (χ1) is 7.85. The van der Waals surface area contributed by atoms with E-state index in [-0.39, 0.29) is 18.9 Å². The summed E-state index contributed by atoms with van der Waals surface area (Å²) in [6, 6.07) is 0. The maximum Gasteiger partial charge on any atom is 0.190 e. The monoisotopic (exact) mass is 248 g/mol. The Morgan fingerprint density at radius 1 is 1.29 bits per heavy atom. The molecule has 0 unspecified atom stereocenters. The molecule has 6 heteroatoms. The van der Waals surface area contributed by atoms with Crippen molar-refractivity contribution in [3.63, 3.8) is 0 Å². The molecule has 2 aliphatic heterocycles. The van der Waals surface area contributed by atoms with Crippen LogP contribution in [0.3, 0.4) is 0 Å². The predicted octanol–water partition coefficient (Wildman–Crippen LogP) is -1.25. The lowest BCUT2D eigenvalue weighted by atomic mass is 9.68. The second-order valence-corrected chi connectivity index (χ2v) is 5.24. The third-order valence-electron chi connectivity index (χ3n) is 3.71. The van der Waals surface area contributed by atoms with Gasteiger partial charge in [0.05, 0.1) is 12.7 Å². The van der Waals surface area contributed by atoms with Gasteiger partial charge in [-0.15, -0.1) is 0 Å². The standard InChI is InChI=1S/C11H20O6/c1-6(2)16-9-11(15)4-3-10(5-12,17-9)7(13)8(11)14/h6-9,12-15H,3-5H2,1-2H3/t7-,8-,9+,10-,11-/m0/s1. The van der Waals surface area contributed by atoms with Crippen molar-refractivity contribution in [2.75, 3.05) is 6.61 Å². The van der Waals surface area contributed by atoms with Gasteiger partial charge in [-0.25, -0.2) is 0 Å². The van der Waals surface area contributed by atoms with E-state index in [0.717, 1.165) is 0 Å². The Hall–Kier alpha value is -0.240. The molecule has 0 spiro atoms. The van der Waals surface area contributed by atoms with Crippen LogP contribution < -0.4 is 0 Å². The van der Waals surface area contributed by atoms with Gasteiger partial charge in [-0.3, -0.25) is 0 Å². The number of ether oxygens (including phenoxy) is 2. The smallest absolute Gasteiger partial charge is 0.190 e. The maximum absolute atomic E-state index is 10.3. The quantitative estimate of drug-likeness (QED) is 0.498. The highest BCUT2D eigenvalue weighted by Crippen LogP contribution is 2.47. The molecule has 17 heavy (non-hydrogen) atoms. The number of hydrogen-bond donors (Lipinski definition) is 4. The zero-order chi connectivity index (χ0) is 12.8. The second kappa shape index (κ2) is 4.15. The fourth-order valence-electron chi connectivity index (χ4n) is 2.57. The minimum atomic E-state index is -1.61. The van der Waals surface area contributed by atoms with Gasteiger partial charge in [-0.05, 0) is 26.7 Å². The minimum Gasteiger partial charge on any atom is -0.393 e. The van der Waals surface area contributed by atoms with E-state index in [1.165, 1.54) is 0 Å². The molecule has 3 fully saturated rings. The van der Waals surface area contributed by atoms with E-state index in [1.54, 1.807) is 13.8 Å². The van der Waals surface area contributed by atoms with E-state index in [9.17, 15) is 20.4 Å². The van der Waals surface area contributed by atoms with Gasteiger partial charge in [0.2, 0.25) is 0 Å². The van der Waals surface area contributed by atoms with Gasteiger partial charge in [0.15, 0.2) is 6.29 Å². The van der Waals surface area contributed by atoms with Crippen molar-refractivity contribution in [3.8, 4) is 0 Å². The molecule has 1 saturated carbocycles. The highest BCUT2D eigenvalue weighted by atomic mass is 16.7. The summed E-state index contributed by atoms with van der Waals surface area (Å²) in [5.74, 6) is 0. The molecule has 0 amide bonds. The Balaban J connectivity index is 2.28. The van der Waals surface area contributed by atoms with Gasteiger partial charge in [0.1, 0.15) is 23.4 Å². The van der Waals surface area contributed by atoms with Crippen molar-refractivity contribution in [3.05, 3.63) is 0 Å². The lowest BCUT2D eigenvalue weighted by molar-refractivity contribution is -0.405. The topological polar surface area (TPSA) is 99.4 Å². The average Bonchev–Trinajstić information content (AvgIpc) is 2.28. The Kier molecular flexibility index (Phi) is 3.22. The van der Waals surface area contributed by atoms with Crippen molar-refractivity contribution in [1.82, 2.24) is 0 Å². The summed E-state index contributed by atoms with van der Waals surface area (Å²) in [4.78, 5) is 0. The summed E-state index contributed by atoms with van der Waals surface area (Å²) in [6.07, 6.45) is -3.39. The molecule has 2 heterocycles. The molecule has 5 atom stereocenters. The van der Waals surface area contributed by atoms with Gasteiger partial charge in [0.25, 0.3) is 0 Å². The highest BCUT2D eigenvalue weighted by Gasteiger charge is 2.65. The Morgan fingerprint density at radius 3 is 2.47 bits per heavy atom. The number of hydrogen-bond acceptors (Lipinski definition) is 6. The lowest BCUT2D eigenvalue weighted by Gasteiger charge is -2.58. The average molecular weight is 248 g/mol.